The number of ether oxygens (including phenoxy) is 12. The molecule has 0 radical (unpaired) electrons. The molecule has 0 bridgehead atoms. The number of H-pyrrole nitrogens is 2. The van der Waals surface area contributed by atoms with E-state index in [-0.39, 0.29) is 104 Å². The van der Waals surface area contributed by atoms with E-state index >= 15 is 0 Å². The number of halogens is 3. The predicted octanol–water partition coefficient (Wildman–Crippen LogP) is 7.57. The van der Waals surface area contributed by atoms with Crippen molar-refractivity contribution in [1.29, 1.82) is 0 Å². The number of imidazole rings is 1. The fraction of sp³-hybridized carbons (Fsp3) is 0.409. The molecular weight excluding hydrogens is 1970 g/mol. The zero-order valence-electron chi connectivity index (χ0n) is 75.1. The van der Waals surface area contributed by atoms with Crippen LogP contribution in [-0.4, -0.2) is 234 Å². The fourth-order valence-electron chi connectivity index (χ4n) is 15.3. The number of aliphatic hydroxyl groups excluding tert-OH is 3. The number of nitrogens with two attached hydrogens (primary N) is 1. The lowest BCUT2D eigenvalue weighted by Gasteiger charge is -2.27. The smallest absolute Gasteiger partial charge is 0.497 e. The summed E-state index contributed by atoms with van der Waals surface area (Å²) in [6, 6.07) is 32.0. The Morgan fingerprint density at radius 1 is 0.571 bits per heavy atom. The van der Waals surface area contributed by atoms with Gasteiger partial charge in [-0.25, -0.2) is 34.2 Å². The van der Waals surface area contributed by atoms with Crippen molar-refractivity contribution in [2.75, 3.05) is 64.5 Å². The number of ketones is 1. The van der Waals surface area contributed by atoms with Gasteiger partial charge in [-0.05, 0) is 138 Å². The summed E-state index contributed by atoms with van der Waals surface area (Å²) in [6.07, 6.45) is -5.75. The SMILES string of the molecule is CC(=O)CCC(=O)OC[C@H]1O[C@@H](n2cnc3c(N)ncnc32)[C@H](OC2CCCO2)[C@@H]1OC(C)=O.COc1ccc(C(=O)N(C(=O)c2ccc(OC)cc2)c2ccn([C@@H]3O[C@H](CO)[C@](O)([P+](=O)Oc4ccccc4Cl)[C@H]3OC3CCCO3)c(=O)n2)cc1.Cc1cn([C@H]2C[C@@](O)([P+](=O)Oc3ccccc3Cl)[C@@H](CO)O2)c(=O)[nH]c1=O.Cc1cn([C@H]2C[C@@](O)([P+](=O)Oc3ccccc3Cl)[C@@H](CO)O2)c(=O)[nH]c1=O. The molecule has 5 unspecified atom stereocenters. The highest BCUT2D eigenvalue weighted by atomic mass is 35.5. The number of aromatic amines is 2. The number of rotatable bonds is 31. The minimum Gasteiger partial charge on any atom is -0.497 e. The summed E-state index contributed by atoms with van der Waals surface area (Å²) >= 11 is 18.2. The van der Waals surface area contributed by atoms with Crippen LogP contribution in [-0.2, 0) is 75.4 Å². The molecule has 6 fully saturated rings. The molecule has 10 N–H and O–H groups in total. The number of imide groups is 1. The quantitative estimate of drug-likeness (QED) is 0.0115. The van der Waals surface area contributed by atoms with Crippen LogP contribution >= 0.6 is 58.9 Å². The van der Waals surface area contributed by atoms with Crippen LogP contribution < -0.4 is 61.9 Å². The summed E-state index contributed by atoms with van der Waals surface area (Å²) in [5.41, 5.74) is 3.76. The second-order valence-corrected chi connectivity index (χ2v) is 37.6. The Morgan fingerprint density at radius 3 is 1.49 bits per heavy atom. The number of carbonyl (C=O) groups excluding carboxylic acids is 5. The third-order valence-corrected chi connectivity index (χ3v) is 27.9. The molecule has 2 amide bonds. The van der Waals surface area contributed by atoms with Crippen molar-refractivity contribution in [1.82, 2.24) is 48.2 Å². The van der Waals surface area contributed by atoms with Gasteiger partial charge in [-0.3, -0.25) is 70.6 Å². The van der Waals surface area contributed by atoms with Gasteiger partial charge in [0.2, 0.25) is 17.2 Å². The molecule has 52 heteroatoms. The summed E-state index contributed by atoms with van der Waals surface area (Å²) in [6.45, 7) is 4.20. The number of nitrogen functional groups attached to an aromatic ring is 1. The number of fused-ring (bicyclic) bond motifs is 1. The van der Waals surface area contributed by atoms with Crippen LogP contribution in [0.5, 0.6) is 28.7 Å². The lowest BCUT2D eigenvalue weighted by atomic mass is 10.1. The van der Waals surface area contributed by atoms with Crippen LogP contribution in [0, 0.1) is 13.8 Å². The van der Waals surface area contributed by atoms with E-state index in [2.05, 4.69) is 29.9 Å². The maximum Gasteiger partial charge on any atom is 0.598 e. The summed E-state index contributed by atoms with van der Waals surface area (Å²) in [7, 11) is -5.83. The minimum atomic E-state index is -3.18. The number of para-hydroxylation sites is 3. The number of amides is 2. The minimum absolute atomic E-state index is 0.0129. The molecular formula is C88H95Cl3N12O34P3+3. The lowest BCUT2D eigenvalue weighted by Crippen LogP contribution is -2.50. The van der Waals surface area contributed by atoms with Gasteiger partial charge in [0.05, 0.1) is 74.7 Å². The van der Waals surface area contributed by atoms with Gasteiger partial charge in [0, 0.05) is 80.2 Å². The largest absolute Gasteiger partial charge is 0.598 e. The molecule has 19 atom stereocenters. The highest BCUT2D eigenvalue weighted by Gasteiger charge is 2.73. The summed E-state index contributed by atoms with van der Waals surface area (Å²) in [5, 5.41) is 57.1. The van der Waals surface area contributed by atoms with Crippen molar-refractivity contribution < 1.29 is 139 Å². The van der Waals surface area contributed by atoms with Crippen molar-refractivity contribution in [2.24, 2.45) is 0 Å². The molecule has 6 saturated heterocycles. The highest BCUT2D eigenvalue weighted by molar-refractivity contribution is 7.42. The topological polar surface area (TPSA) is 614 Å². The average Bonchev–Trinajstić information content (AvgIpc) is 1.58. The number of methoxy groups -OCH3 is 2. The first kappa shape index (κ1) is 105. The van der Waals surface area contributed by atoms with Crippen LogP contribution in [0.25, 0.3) is 11.2 Å². The zero-order chi connectivity index (χ0) is 101. The maximum absolute atomic E-state index is 13.9. The second kappa shape index (κ2) is 46.6. The summed E-state index contributed by atoms with van der Waals surface area (Å²) < 4.78 is 128. The Hall–Kier alpha value is -12.0. The lowest BCUT2D eigenvalue weighted by molar-refractivity contribution is -0.190. The third kappa shape index (κ3) is 23.9. The van der Waals surface area contributed by atoms with E-state index in [0.717, 1.165) is 25.0 Å². The fourth-order valence-corrected chi connectivity index (χ4v) is 19.6. The number of aryl methyl sites for hydroxylation is 2. The number of Topliss-reactive ketones (excluding diaryl/α,β-unsaturated/α-hetero) is 1. The molecule has 16 rings (SSSR count). The molecule has 10 aromatic rings. The number of benzene rings is 5. The molecule has 744 valence electrons. The van der Waals surface area contributed by atoms with Crippen LogP contribution in [0.3, 0.4) is 0 Å². The zero-order valence-corrected chi connectivity index (χ0v) is 80.1. The Kier molecular flexibility index (Phi) is 35.1. The van der Waals surface area contributed by atoms with Crippen molar-refractivity contribution in [3.8, 4) is 28.7 Å². The molecule has 140 heavy (non-hydrogen) atoms. The summed E-state index contributed by atoms with van der Waals surface area (Å²) in [4.78, 5) is 146. The number of hydrogen-bond donors (Lipinski definition) is 9. The molecule has 5 aromatic carbocycles. The molecule has 46 nitrogen and oxygen atoms in total. The van der Waals surface area contributed by atoms with Gasteiger partial charge in [0.1, 0.15) is 66.2 Å². The van der Waals surface area contributed by atoms with Gasteiger partial charge < -0.3 is 98.0 Å². The number of nitrogens with zero attached hydrogens (tertiary/aromatic N) is 9. The number of aliphatic hydroxyl groups is 6. The summed E-state index contributed by atoms with van der Waals surface area (Å²) in [5.74, 6) is -1.82. The predicted molar refractivity (Wildman–Crippen MR) is 492 cm³/mol. The Labute approximate surface area is 810 Å². The molecule has 5 aromatic heterocycles. The van der Waals surface area contributed by atoms with E-state index < -0.39 is 192 Å². The third-order valence-electron chi connectivity index (χ3n) is 22.6. The van der Waals surface area contributed by atoms with Gasteiger partial charge in [-0.2, -0.15) is 4.98 Å². The maximum atomic E-state index is 13.9. The number of carbonyl (C=O) groups is 5. The van der Waals surface area contributed by atoms with Crippen molar-refractivity contribution in [3.63, 3.8) is 0 Å². The van der Waals surface area contributed by atoms with Gasteiger partial charge in [-0.15, -0.1) is 0 Å². The number of anilines is 2. The van der Waals surface area contributed by atoms with Gasteiger partial charge in [-0.1, -0.05) is 71.2 Å². The van der Waals surface area contributed by atoms with Crippen molar-refractivity contribution >= 4 is 111 Å². The van der Waals surface area contributed by atoms with E-state index in [1.54, 1.807) is 65.2 Å². The Bertz CT molecular complexity index is 6310. The van der Waals surface area contributed by atoms with E-state index in [0.29, 0.717) is 55.1 Å². The molecule has 6 aliphatic heterocycles. The van der Waals surface area contributed by atoms with E-state index in [1.165, 1.54) is 140 Å². The van der Waals surface area contributed by atoms with Crippen LogP contribution in [0.15, 0.2) is 183 Å². The molecule has 0 saturated carbocycles. The van der Waals surface area contributed by atoms with Crippen LogP contribution in [0.1, 0.15) is 122 Å². The first-order chi connectivity index (χ1) is 66.9. The monoisotopic (exact) mass is 2060 g/mol. The number of hydrogen-bond acceptors (Lipinski definition) is 39. The Balaban J connectivity index is 0.000000164. The van der Waals surface area contributed by atoms with Gasteiger partial charge >= 0.3 is 69.1 Å². The molecule has 11 heterocycles. The van der Waals surface area contributed by atoms with Crippen LogP contribution in [0.4, 0.5) is 11.6 Å². The number of nitrogens with one attached hydrogen (secondary N) is 2. The number of aromatic nitrogens is 10. The normalized spacial score (nSPS) is 24.7. The first-order valence-electron chi connectivity index (χ1n) is 42.9. The molecule has 6 aliphatic rings. The molecule has 0 spiro atoms. The molecule has 0 aliphatic carbocycles. The van der Waals surface area contributed by atoms with E-state index in [4.69, 9.17) is 111 Å². The van der Waals surface area contributed by atoms with Gasteiger partial charge in [0.15, 0.2) is 67.0 Å². The van der Waals surface area contributed by atoms with Crippen molar-refractivity contribution in [2.45, 2.75) is 175 Å². The van der Waals surface area contributed by atoms with E-state index in [9.17, 15) is 92.3 Å². The average molecular weight is 2060 g/mol. The standard InChI is InChI=1S/C35H34ClN3O12P.C21H27N5O8.2C16H16ClN2O7P/c1-46-23-13-9-21(10-14-23)31(41)39(32(42)22-11-15-24(47-2)16-12-22)28-17-18-38(34(43)37-28)33-30(50-29-8-5-19-48-29)35(44,27(20-40)49-33)52(45)51-26-7-4-3-6-25(26)36;1-11(27)5-6-14(29)31-8-13-17(32-12(2)28)18(34-15-4-3-7-30-15)21(33-13)26-10-25-16-19(22)23-9-24-20(16)26;2*1-9-7-19(15(22)18-14(9)21)13-6-16(23,12(8-20)25-13)27(24)26-11-5-3-2-4-10(11)17/h3-4,6-7,9-18,27,29-30,33,40,44H,5,8,19-20H2,1-2H3;9-10,13,15,17-18,21H,3-8H2,1-2H3,(H2,22,23,24);2*2-5,7,12-13,20,23H,6,8H2,1H3/q+1;;;/p+2/t27-,29?,30+,33-,35+;13-,15?,17-,18-,21-;2*12-,13-,16-/m1111/s1. The van der Waals surface area contributed by atoms with E-state index in [1.807, 2.05) is 0 Å². The second-order valence-electron chi connectivity index (χ2n) is 32.0. The first-order valence-corrected chi connectivity index (χ1v) is 47.6. The van der Waals surface area contributed by atoms with Crippen molar-refractivity contribution in [3.05, 3.63) is 248 Å². The highest BCUT2D eigenvalue weighted by Crippen LogP contribution is 2.57. The van der Waals surface area contributed by atoms with Gasteiger partial charge in [0.25, 0.3) is 22.9 Å². The number of esters is 2. The van der Waals surface area contributed by atoms with Crippen LogP contribution in [0.2, 0.25) is 15.1 Å². The Morgan fingerprint density at radius 2 is 1.05 bits per heavy atom.